The van der Waals surface area contributed by atoms with E-state index in [4.69, 9.17) is 9.47 Å². The van der Waals surface area contributed by atoms with Crippen molar-refractivity contribution in [2.75, 3.05) is 29.9 Å². The monoisotopic (exact) mass is 458 g/mol. The Morgan fingerprint density at radius 2 is 2.12 bits per heavy atom. The third-order valence-corrected chi connectivity index (χ3v) is 6.01. The molecule has 33 heavy (non-hydrogen) atoms. The third-order valence-electron chi connectivity index (χ3n) is 6.01. The molecule has 1 saturated heterocycles. The van der Waals surface area contributed by atoms with Gasteiger partial charge in [-0.3, -0.25) is 14.7 Å². The first-order valence-electron chi connectivity index (χ1n) is 10.7. The number of aryl methyl sites for hydroxylation is 1. The number of anilines is 2. The van der Waals surface area contributed by atoms with Crippen molar-refractivity contribution in [1.29, 1.82) is 0 Å². The van der Waals surface area contributed by atoms with Crippen LogP contribution in [-0.2, 0) is 22.4 Å². The number of hydrogen-bond acceptors (Lipinski definition) is 9. The van der Waals surface area contributed by atoms with Crippen LogP contribution in [0.25, 0.3) is 0 Å². The van der Waals surface area contributed by atoms with Crippen molar-refractivity contribution in [2.45, 2.75) is 44.4 Å². The van der Waals surface area contributed by atoms with E-state index < -0.39 is 18.3 Å². The van der Waals surface area contributed by atoms with Gasteiger partial charge < -0.3 is 25.2 Å². The number of nitrogens with one attached hydrogen (secondary N) is 2. The maximum atomic E-state index is 14.0. The van der Waals surface area contributed by atoms with Crippen LogP contribution in [0.2, 0.25) is 0 Å². The first-order valence-corrected chi connectivity index (χ1v) is 10.7. The molecule has 1 aliphatic carbocycles. The maximum Gasteiger partial charge on any atom is 0.415 e. The summed E-state index contributed by atoms with van der Waals surface area (Å²) in [6, 6.07) is 0.0119. The molecule has 1 fully saturated rings. The van der Waals surface area contributed by atoms with Gasteiger partial charge in [0.2, 0.25) is 0 Å². The van der Waals surface area contributed by atoms with Crippen LogP contribution < -0.4 is 20.3 Å². The van der Waals surface area contributed by atoms with Gasteiger partial charge in [-0.1, -0.05) is 0 Å². The molecule has 3 N–H and O–H groups in total. The lowest BCUT2D eigenvalue weighted by Gasteiger charge is -2.19. The van der Waals surface area contributed by atoms with Gasteiger partial charge in [-0.15, -0.1) is 0 Å². The number of aliphatic hydroxyl groups is 1. The predicted octanol–water partition coefficient (Wildman–Crippen LogP) is 0.483. The highest BCUT2D eigenvalue weighted by molar-refractivity contribution is 5.94. The van der Waals surface area contributed by atoms with E-state index in [9.17, 15) is 19.1 Å². The molecule has 3 unspecified atom stereocenters. The second-order valence-corrected chi connectivity index (χ2v) is 8.39. The van der Waals surface area contributed by atoms with Gasteiger partial charge >= 0.3 is 6.09 Å². The topological polar surface area (TPSA) is 139 Å². The summed E-state index contributed by atoms with van der Waals surface area (Å²) in [5, 5.41) is 16.3. The van der Waals surface area contributed by atoms with Crippen LogP contribution in [0.5, 0.6) is 5.88 Å². The first kappa shape index (κ1) is 21.5. The number of nitrogens with zero attached hydrogens (tertiary/aromatic N) is 4. The normalized spacial score (nSPS) is 22.3. The lowest BCUT2D eigenvalue weighted by atomic mass is 10.1. The number of ether oxygens (including phenoxy) is 2. The summed E-state index contributed by atoms with van der Waals surface area (Å²) in [4.78, 5) is 37.5. The van der Waals surface area contributed by atoms with E-state index in [0.717, 1.165) is 11.3 Å². The third kappa shape index (κ3) is 4.31. The number of pyridine rings is 1. The number of carbonyl (C=O) groups excluding carboxylic acids is 2. The molecular weight excluding hydrogens is 435 g/mol. The number of aliphatic hydroxyl groups excluding tert-OH is 1. The predicted molar refractivity (Wildman–Crippen MR) is 113 cm³/mol. The average molecular weight is 458 g/mol. The minimum Gasteiger partial charge on any atom is -0.465 e. The number of amides is 2. The zero-order valence-electron chi connectivity index (χ0n) is 17.9. The van der Waals surface area contributed by atoms with Crippen LogP contribution in [0.15, 0.2) is 12.4 Å². The Balaban J connectivity index is 1.14. The van der Waals surface area contributed by atoms with Crippen molar-refractivity contribution >= 4 is 23.6 Å². The summed E-state index contributed by atoms with van der Waals surface area (Å²) in [6.07, 6.45) is 2.12. The highest BCUT2D eigenvalue weighted by atomic mass is 19.1. The minimum atomic E-state index is -0.766. The van der Waals surface area contributed by atoms with E-state index in [1.54, 1.807) is 0 Å². The molecule has 0 saturated carbocycles. The summed E-state index contributed by atoms with van der Waals surface area (Å²) in [5.74, 6) is -0.109. The Kier molecular flexibility index (Phi) is 5.54. The van der Waals surface area contributed by atoms with Gasteiger partial charge in [-0.25, -0.2) is 19.2 Å². The van der Waals surface area contributed by atoms with Gasteiger partial charge in [0.15, 0.2) is 18.2 Å². The van der Waals surface area contributed by atoms with Gasteiger partial charge in [0.1, 0.15) is 11.9 Å². The van der Waals surface area contributed by atoms with Gasteiger partial charge in [0.25, 0.3) is 11.8 Å². The standard InChI is InChI=1S/C21H23FN6O5/c1-10-14-2-11(3-15(14)16(22)6-23-10)24-5-12(29)4-13-8-28(21(31)33-13)17-7-25-20-19(26-17)27-18(30)9-32-20/h6-7,11-13,24,29H,2-5,8-9H2,1H3,(H,26,27,30). The number of hydrogen-bond donors (Lipinski definition) is 3. The molecule has 2 aromatic heterocycles. The molecule has 0 spiro atoms. The summed E-state index contributed by atoms with van der Waals surface area (Å²) >= 11 is 0. The number of halogens is 1. The van der Waals surface area contributed by atoms with Gasteiger partial charge in [-0.2, -0.15) is 0 Å². The Morgan fingerprint density at radius 3 is 2.94 bits per heavy atom. The molecular formula is C21H23FN6O5. The van der Waals surface area contributed by atoms with Gasteiger partial charge in [0.05, 0.1) is 25.0 Å². The highest BCUT2D eigenvalue weighted by Crippen LogP contribution is 2.29. The van der Waals surface area contributed by atoms with Crippen LogP contribution >= 0.6 is 0 Å². The average Bonchev–Trinajstić information content (AvgIpc) is 3.39. The van der Waals surface area contributed by atoms with E-state index in [2.05, 4.69) is 25.6 Å². The summed E-state index contributed by atoms with van der Waals surface area (Å²) < 4.78 is 24.6. The van der Waals surface area contributed by atoms with E-state index in [1.807, 2.05) is 6.92 Å². The Hall–Kier alpha value is -3.38. The Labute approximate surface area is 188 Å². The van der Waals surface area contributed by atoms with E-state index in [-0.39, 0.29) is 61.4 Å². The number of cyclic esters (lactones) is 1. The second kappa shape index (κ2) is 8.52. The van der Waals surface area contributed by atoms with Crippen molar-refractivity contribution in [3.8, 4) is 5.88 Å². The highest BCUT2D eigenvalue weighted by Gasteiger charge is 2.36. The van der Waals surface area contributed by atoms with Crippen LogP contribution in [-0.4, -0.2) is 70.0 Å². The molecule has 2 aliphatic heterocycles. The molecule has 0 aromatic carbocycles. The van der Waals surface area contributed by atoms with E-state index in [0.29, 0.717) is 18.4 Å². The molecule has 174 valence electrons. The molecule has 2 amide bonds. The molecule has 5 rings (SSSR count). The SMILES string of the molecule is Cc1ncc(F)c2c1CC(NCC(O)CC1CN(c3cnc4c(n3)NC(=O)CO4)C(=O)O1)C2. The fourth-order valence-corrected chi connectivity index (χ4v) is 4.38. The number of aromatic nitrogens is 3. The molecule has 12 heteroatoms. The number of fused-ring (bicyclic) bond motifs is 2. The minimum absolute atomic E-state index is 0.0119. The van der Waals surface area contributed by atoms with Crippen molar-refractivity contribution in [3.63, 3.8) is 0 Å². The Morgan fingerprint density at radius 1 is 1.30 bits per heavy atom. The van der Waals surface area contributed by atoms with E-state index in [1.165, 1.54) is 17.3 Å². The Bertz CT molecular complexity index is 1080. The fourth-order valence-electron chi connectivity index (χ4n) is 4.38. The summed E-state index contributed by atoms with van der Waals surface area (Å²) in [5.41, 5.74) is 2.43. The molecule has 0 bridgehead atoms. The van der Waals surface area contributed by atoms with Crippen molar-refractivity contribution in [1.82, 2.24) is 20.3 Å². The van der Waals surface area contributed by atoms with Crippen molar-refractivity contribution in [2.24, 2.45) is 0 Å². The smallest absolute Gasteiger partial charge is 0.415 e. The quantitative estimate of drug-likeness (QED) is 0.564. The zero-order chi connectivity index (χ0) is 23.1. The fraction of sp³-hybridized carbons (Fsp3) is 0.476. The molecule has 4 heterocycles. The van der Waals surface area contributed by atoms with Crippen molar-refractivity contribution in [3.05, 3.63) is 35.0 Å². The second-order valence-electron chi connectivity index (χ2n) is 8.39. The molecule has 3 aliphatic rings. The van der Waals surface area contributed by atoms with Gasteiger partial charge in [0, 0.05) is 24.7 Å². The largest absolute Gasteiger partial charge is 0.465 e. The van der Waals surface area contributed by atoms with Crippen LogP contribution in [0, 0.1) is 12.7 Å². The first-order chi connectivity index (χ1) is 15.9. The lowest BCUT2D eigenvalue weighted by Crippen LogP contribution is -2.38. The van der Waals surface area contributed by atoms with Crippen molar-refractivity contribution < 1.29 is 28.6 Å². The summed E-state index contributed by atoms with van der Waals surface area (Å²) in [7, 11) is 0. The molecule has 0 radical (unpaired) electrons. The number of carbonyl (C=O) groups is 2. The van der Waals surface area contributed by atoms with E-state index >= 15 is 0 Å². The lowest BCUT2D eigenvalue weighted by molar-refractivity contribution is -0.118. The molecule has 2 aromatic rings. The van der Waals surface area contributed by atoms with Crippen LogP contribution in [0.3, 0.4) is 0 Å². The maximum absolute atomic E-state index is 14.0. The molecule has 3 atom stereocenters. The van der Waals surface area contributed by atoms with Crippen LogP contribution in [0.4, 0.5) is 20.8 Å². The van der Waals surface area contributed by atoms with Crippen LogP contribution in [0.1, 0.15) is 23.2 Å². The van der Waals surface area contributed by atoms with Gasteiger partial charge in [-0.05, 0) is 30.9 Å². The summed E-state index contributed by atoms with van der Waals surface area (Å²) in [6.45, 7) is 2.19. The zero-order valence-corrected chi connectivity index (χ0v) is 17.9. The number of rotatable bonds is 6. The molecule has 11 nitrogen and oxygen atoms in total.